The van der Waals surface area contributed by atoms with E-state index >= 15 is 0 Å². The number of carbonyl (C=O) groups excluding carboxylic acids is 1. The van der Waals surface area contributed by atoms with Crippen LogP contribution in [0.25, 0.3) is 6.08 Å². The lowest BCUT2D eigenvalue weighted by atomic mass is 10.2. The first-order valence-electron chi connectivity index (χ1n) is 6.38. The van der Waals surface area contributed by atoms with Crippen LogP contribution >= 0.6 is 11.6 Å². The lowest BCUT2D eigenvalue weighted by Crippen LogP contribution is -2.32. The fourth-order valence-corrected chi connectivity index (χ4v) is 1.77. The largest absolute Gasteiger partial charge is 0.358 e. The van der Waals surface area contributed by atoms with Crippen molar-refractivity contribution in [1.82, 2.24) is 10.2 Å². The maximum absolute atomic E-state index is 11.8. The first kappa shape index (κ1) is 14.3. The average Bonchev–Trinajstić information content (AvgIpc) is 2.47. The average molecular weight is 290 g/mol. The molecule has 1 aliphatic rings. The molecule has 0 unspecified atom stereocenters. The summed E-state index contributed by atoms with van der Waals surface area (Å²) in [5, 5.41) is 3.40. The molecule has 1 aromatic carbocycles. The van der Waals surface area contributed by atoms with E-state index in [1.807, 2.05) is 23.2 Å². The topological polar surface area (TPSA) is 44.7 Å². The standard InChI is InChI=1S/C15H16ClN3O/c1-2-19-10-9-14(17-11-19)18-15(20)8-5-12-3-6-13(16)7-4-12/h3-10H,2,11H2,1H3,(H,17,18,20)/b8-5+. The molecule has 5 heteroatoms. The van der Waals surface area contributed by atoms with Gasteiger partial charge in [0.2, 0.25) is 5.91 Å². The minimum absolute atomic E-state index is 0.201. The Kier molecular flexibility index (Phi) is 4.96. The van der Waals surface area contributed by atoms with Gasteiger partial charge in [-0.2, -0.15) is 0 Å². The van der Waals surface area contributed by atoms with E-state index in [2.05, 4.69) is 17.2 Å². The molecule has 1 aromatic rings. The van der Waals surface area contributed by atoms with Crippen molar-refractivity contribution in [3.8, 4) is 0 Å². The molecule has 104 valence electrons. The van der Waals surface area contributed by atoms with Crippen molar-refractivity contribution in [2.45, 2.75) is 6.92 Å². The number of nitrogens with zero attached hydrogens (tertiary/aromatic N) is 2. The van der Waals surface area contributed by atoms with Crippen molar-refractivity contribution in [1.29, 1.82) is 0 Å². The number of amides is 1. The van der Waals surface area contributed by atoms with Gasteiger partial charge in [0.15, 0.2) is 0 Å². The van der Waals surface area contributed by atoms with Crippen molar-refractivity contribution in [2.75, 3.05) is 13.2 Å². The molecule has 4 nitrogen and oxygen atoms in total. The molecule has 0 bridgehead atoms. The van der Waals surface area contributed by atoms with E-state index < -0.39 is 0 Å². The highest BCUT2D eigenvalue weighted by atomic mass is 35.5. The number of carbonyl (C=O) groups is 1. The fourth-order valence-electron chi connectivity index (χ4n) is 1.64. The van der Waals surface area contributed by atoms with E-state index in [0.717, 1.165) is 12.1 Å². The first-order chi connectivity index (χ1) is 9.67. The van der Waals surface area contributed by atoms with Crippen LogP contribution < -0.4 is 5.32 Å². The second-order valence-corrected chi connectivity index (χ2v) is 4.72. The van der Waals surface area contributed by atoms with Crippen LogP contribution in [0.2, 0.25) is 5.02 Å². The van der Waals surface area contributed by atoms with Gasteiger partial charge in [0, 0.05) is 23.8 Å². The maximum atomic E-state index is 11.8. The molecular formula is C15H16ClN3O. The van der Waals surface area contributed by atoms with Crippen molar-refractivity contribution >= 4 is 29.4 Å². The maximum Gasteiger partial charge on any atom is 0.249 e. The molecular weight excluding hydrogens is 274 g/mol. The molecule has 1 N–H and O–H groups in total. The Balaban J connectivity index is 1.88. The molecule has 0 saturated heterocycles. The van der Waals surface area contributed by atoms with Crippen LogP contribution in [0, 0.1) is 0 Å². The Bertz CT molecular complexity index is 561. The summed E-state index contributed by atoms with van der Waals surface area (Å²) in [7, 11) is 0. The van der Waals surface area contributed by atoms with Crippen molar-refractivity contribution in [3.63, 3.8) is 0 Å². The van der Waals surface area contributed by atoms with Gasteiger partial charge in [-0.3, -0.25) is 4.79 Å². The number of rotatable bonds is 3. The normalized spacial score (nSPS) is 14.5. The van der Waals surface area contributed by atoms with Crippen LogP contribution in [0.15, 0.2) is 47.6 Å². The molecule has 1 heterocycles. The molecule has 0 fully saturated rings. The van der Waals surface area contributed by atoms with Gasteiger partial charge in [-0.25, -0.2) is 4.99 Å². The Hall–Kier alpha value is -2.07. The summed E-state index contributed by atoms with van der Waals surface area (Å²) in [6.07, 6.45) is 6.93. The molecule has 20 heavy (non-hydrogen) atoms. The lowest BCUT2D eigenvalue weighted by molar-refractivity contribution is -0.115. The number of aliphatic imine (C=N–C) groups is 1. The molecule has 0 aliphatic carbocycles. The quantitative estimate of drug-likeness (QED) is 0.870. The summed E-state index contributed by atoms with van der Waals surface area (Å²) in [5.74, 6) is 0.383. The lowest BCUT2D eigenvalue weighted by Gasteiger charge is -2.19. The number of nitrogens with one attached hydrogen (secondary N) is 1. The summed E-state index contributed by atoms with van der Waals surface area (Å²) in [6.45, 7) is 3.53. The van der Waals surface area contributed by atoms with E-state index in [1.54, 1.807) is 24.3 Å². The monoisotopic (exact) mass is 289 g/mol. The summed E-state index contributed by atoms with van der Waals surface area (Å²) >= 11 is 5.80. The van der Waals surface area contributed by atoms with Crippen LogP contribution in [0.5, 0.6) is 0 Å². The van der Waals surface area contributed by atoms with Crippen LogP contribution in [-0.4, -0.2) is 29.9 Å². The molecule has 1 aliphatic heterocycles. The second kappa shape index (κ2) is 6.91. The van der Waals surface area contributed by atoms with Crippen LogP contribution in [0.4, 0.5) is 0 Å². The van der Waals surface area contributed by atoms with Gasteiger partial charge < -0.3 is 10.2 Å². The Morgan fingerprint density at radius 1 is 1.45 bits per heavy atom. The predicted octanol–water partition coefficient (Wildman–Crippen LogP) is 2.67. The third-order valence-corrected chi connectivity index (χ3v) is 3.07. The third-order valence-electron chi connectivity index (χ3n) is 2.82. The number of hydrogen-bond donors (Lipinski definition) is 1. The minimum Gasteiger partial charge on any atom is -0.358 e. The second-order valence-electron chi connectivity index (χ2n) is 4.28. The molecule has 1 amide bonds. The Labute approximate surface area is 123 Å². The van der Waals surface area contributed by atoms with E-state index in [1.165, 1.54) is 6.08 Å². The number of amidine groups is 1. The van der Waals surface area contributed by atoms with Crippen molar-refractivity contribution in [3.05, 3.63) is 53.2 Å². The first-order valence-corrected chi connectivity index (χ1v) is 6.76. The van der Waals surface area contributed by atoms with Gasteiger partial charge in [-0.15, -0.1) is 0 Å². The van der Waals surface area contributed by atoms with E-state index in [-0.39, 0.29) is 5.91 Å². The van der Waals surface area contributed by atoms with Crippen molar-refractivity contribution in [2.24, 2.45) is 4.99 Å². The van der Waals surface area contributed by atoms with Gasteiger partial charge in [-0.05, 0) is 36.8 Å². The smallest absolute Gasteiger partial charge is 0.249 e. The Morgan fingerprint density at radius 2 is 2.20 bits per heavy atom. The molecule has 2 rings (SSSR count). The van der Waals surface area contributed by atoms with Crippen molar-refractivity contribution < 1.29 is 4.79 Å². The zero-order valence-corrected chi connectivity index (χ0v) is 12.0. The zero-order valence-electron chi connectivity index (χ0n) is 11.2. The summed E-state index contributed by atoms with van der Waals surface area (Å²) < 4.78 is 0. The van der Waals surface area contributed by atoms with E-state index in [0.29, 0.717) is 17.5 Å². The van der Waals surface area contributed by atoms with Gasteiger partial charge in [0.05, 0.1) is 0 Å². The highest BCUT2D eigenvalue weighted by Crippen LogP contribution is 2.10. The summed E-state index contributed by atoms with van der Waals surface area (Å²) in [5.41, 5.74) is 0.919. The highest BCUT2D eigenvalue weighted by molar-refractivity contribution is 6.30. The van der Waals surface area contributed by atoms with Crippen LogP contribution in [0.1, 0.15) is 12.5 Å². The molecule has 0 aromatic heterocycles. The summed E-state index contributed by atoms with van der Waals surface area (Å²) in [6, 6.07) is 7.27. The zero-order chi connectivity index (χ0) is 14.4. The third kappa shape index (κ3) is 4.24. The molecule has 0 atom stereocenters. The predicted molar refractivity (Wildman–Crippen MR) is 82.5 cm³/mol. The SMILES string of the molecule is CCN1C=CC(NC(=O)/C=C/c2ccc(Cl)cc2)=NC1. The number of benzene rings is 1. The van der Waals surface area contributed by atoms with Crippen LogP contribution in [0.3, 0.4) is 0 Å². The number of hydrogen-bond acceptors (Lipinski definition) is 3. The van der Waals surface area contributed by atoms with Crippen LogP contribution in [-0.2, 0) is 4.79 Å². The van der Waals surface area contributed by atoms with E-state index in [4.69, 9.17) is 11.6 Å². The minimum atomic E-state index is -0.201. The summed E-state index contributed by atoms with van der Waals surface area (Å²) in [4.78, 5) is 18.1. The van der Waals surface area contributed by atoms with E-state index in [9.17, 15) is 4.79 Å². The molecule has 0 spiro atoms. The molecule has 0 radical (unpaired) electrons. The fraction of sp³-hybridized carbons (Fsp3) is 0.200. The number of halogens is 1. The van der Waals surface area contributed by atoms with Gasteiger partial charge in [-0.1, -0.05) is 23.7 Å². The Morgan fingerprint density at radius 3 is 2.80 bits per heavy atom. The van der Waals surface area contributed by atoms with Gasteiger partial charge in [0.25, 0.3) is 0 Å². The highest BCUT2D eigenvalue weighted by Gasteiger charge is 2.05. The van der Waals surface area contributed by atoms with Gasteiger partial charge >= 0.3 is 0 Å². The van der Waals surface area contributed by atoms with Gasteiger partial charge in [0.1, 0.15) is 12.5 Å². The molecule has 0 saturated carbocycles.